The first kappa shape index (κ1) is 20.5. The Morgan fingerprint density at radius 3 is 1.71 bits per heavy atom. The van der Waals surface area contributed by atoms with E-state index in [0.29, 0.717) is 24.2 Å². The molecule has 28 heavy (non-hydrogen) atoms. The Balaban J connectivity index is 1.42. The van der Waals surface area contributed by atoms with Gasteiger partial charge in [0.25, 0.3) is 0 Å². The second-order valence-corrected chi connectivity index (χ2v) is 6.54. The Morgan fingerprint density at radius 1 is 0.750 bits per heavy atom. The van der Waals surface area contributed by atoms with Gasteiger partial charge in [0.1, 0.15) is 11.6 Å². The molecule has 1 aliphatic rings. The van der Waals surface area contributed by atoms with Crippen molar-refractivity contribution in [3.63, 3.8) is 0 Å². The summed E-state index contributed by atoms with van der Waals surface area (Å²) in [6, 6.07) is 12.1. The number of rotatable bonds is 10. The molecule has 0 heterocycles. The summed E-state index contributed by atoms with van der Waals surface area (Å²) in [5.74, 6) is -1.68. The highest BCUT2D eigenvalue weighted by molar-refractivity contribution is 5.43. The van der Waals surface area contributed by atoms with Crippen molar-refractivity contribution in [3.05, 3.63) is 60.2 Å². The number of hydrogen-bond donors (Lipinski definition) is 2. The Hall–Kier alpha value is -2.26. The molecule has 8 heteroatoms. The first-order chi connectivity index (χ1) is 13.7. The molecule has 0 bridgehead atoms. The van der Waals surface area contributed by atoms with Gasteiger partial charge in [0, 0.05) is 24.2 Å². The van der Waals surface area contributed by atoms with Gasteiger partial charge in [-0.1, -0.05) is 18.6 Å². The molecule has 0 saturated heterocycles. The van der Waals surface area contributed by atoms with E-state index in [4.69, 9.17) is 19.6 Å². The van der Waals surface area contributed by atoms with Crippen LogP contribution in [0.15, 0.2) is 48.5 Å². The van der Waals surface area contributed by atoms with Gasteiger partial charge in [0.15, 0.2) is 13.5 Å². The molecule has 1 aliphatic carbocycles. The Bertz CT molecular complexity index is 686. The van der Waals surface area contributed by atoms with Crippen molar-refractivity contribution in [2.45, 2.75) is 37.9 Å². The lowest BCUT2D eigenvalue weighted by Gasteiger charge is -2.33. The molecule has 0 unspecified atom stereocenters. The maximum Gasteiger partial charge on any atom is 0.234 e. The summed E-state index contributed by atoms with van der Waals surface area (Å²) >= 11 is 0. The van der Waals surface area contributed by atoms with Gasteiger partial charge >= 0.3 is 0 Å². The summed E-state index contributed by atoms with van der Waals surface area (Å²) in [7, 11) is 0. The third kappa shape index (κ3) is 6.42. The molecule has 1 saturated carbocycles. The van der Waals surface area contributed by atoms with Crippen LogP contribution in [0.5, 0.6) is 0 Å². The smallest absolute Gasteiger partial charge is 0.234 e. The number of nitrogens with one attached hydrogen (secondary N) is 2. The fourth-order valence-electron chi connectivity index (χ4n) is 2.97. The second-order valence-electron chi connectivity index (χ2n) is 6.54. The molecule has 2 aromatic rings. The van der Waals surface area contributed by atoms with Gasteiger partial charge in [-0.05, 0) is 49.2 Å². The summed E-state index contributed by atoms with van der Waals surface area (Å²) in [4.78, 5) is 21.5. The highest BCUT2D eigenvalue weighted by Gasteiger charge is 2.37. The number of benzene rings is 2. The molecule has 2 aromatic carbocycles. The van der Waals surface area contributed by atoms with Crippen LogP contribution < -0.4 is 10.6 Å². The van der Waals surface area contributed by atoms with Crippen LogP contribution in [-0.4, -0.2) is 19.2 Å². The highest BCUT2D eigenvalue weighted by Crippen LogP contribution is 2.33. The second kappa shape index (κ2) is 10.3. The van der Waals surface area contributed by atoms with Crippen LogP contribution in [0.3, 0.4) is 0 Å². The number of halogens is 2. The predicted molar refractivity (Wildman–Crippen MR) is 99.9 cm³/mol. The molecule has 0 spiro atoms. The normalized spacial score (nSPS) is 15.9. The van der Waals surface area contributed by atoms with Crippen LogP contribution in [-0.2, 0) is 19.6 Å². The Kier molecular flexibility index (Phi) is 7.55. The van der Waals surface area contributed by atoms with Crippen molar-refractivity contribution in [2.24, 2.45) is 0 Å². The van der Waals surface area contributed by atoms with Crippen LogP contribution >= 0.6 is 0 Å². The fraction of sp³-hybridized carbons (Fsp3) is 0.400. The highest BCUT2D eigenvalue weighted by atomic mass is 19.1. The van der Waals surface area contributed by atoms with Crippen molar-refractivity contribution in [2.75, 3.05) is 24.1 Å². The minimum absolute atomic E-state index is 0.0239. The largest absolute Gasteiger partial charge is 0.360 e. The van der Waals surface area contributed by atoms with Gasteiger partial charge in [-0.25, -0.2) is 18.6 Å². The summed E-state index contributed by atoms with van der Waals surface area (Å²) in [6.07, 6.45) is 4.15. The minimum Gasteiger partial charge on any atom is -0.360 e. The quantitative estimate of drug-likeness (QED) is 0.257. The molecular formula is C20H24F2N2O4. The standard InChI is InChI=1S/C20H24F2N2O4/c21-16-6-4-8-18(12-16)23-14-25-27-20(10-2-1-3-11-20)28-26-15-24-19-9-5-7-17(22)13-19/h4-9,12-13,23-24H,1-3,10-11,14-15H2. The van der Waals surface area contributed by atoms with E-state index in [-0.39, 0.29) is 25.1 Å². The molecular weight excluding hydrogens is 370 g/mol. The molecule has 3 rings (SSSR count). The molecule has 0 atom stereocenters. The summed E-state index contributed by atoms with van der Waals surface area (Å²) in [5, 5.41) is 5.81. The number of hydrogen-bond acceptors (Lipinski definition) is 6. The van der Waals surface area contributed by atoms with Gasteiger partial charge in [-0.2, -0.15) is 9.78 Å². The van der Waals surface area contributed by atoms with E-state index in [1.54, 1.807) is 24.3 Å². The average Bonchev–Trinajstić information content (AvgIpc) is 2.70. The van der Waals surface area contributed by atoms with E-state index >= 15 is 0 Å². The molecule has 0 amide bonds. The van der Waals surface area contributed by atoms with Crippen LogP contribution in [0.1, 0.15) is 32.1 Å². The molecule has 0 radical (unpaired) electrons. The molecule has 0 aliphatic heterocycles. The maximum absolute atomic E-state index is 13.2. The zero-order valence-corrected chi connectivity index (χ0v) is 15.5. The third-order valence-corrected chi connectivity index (χ3v) is 4.36. The first-order valence-corrected chi connectivity index (χ1v) is 9.25. The van der Waals surface area contributed by atoms with Gasteiger partial charge in [-0.3, -0.25) is 0 Å². The first-order valence-electron chi connectivity index (χ1n) is 9.25. The van der Waals surface area contributed by atoms with E-state index in [1.807, 2.05) is 0 Å². The fourth-order valence-corrected chi connectivity index (χ4v) is 2.97. The molecule has 1 fully saturated rings. The average molecular weight is 394 g/mol. The Morgan fingerprint density at radius 2 is 1.25 bits per heavy atom. The predicted octanol–water partition coefficient (Wildman–Crippen LogP) is 4.96. The van der Waals surface area contributed by atoms with Crippen molar-refractivity contribution >= 4 is 11.4 Å². The summed E-state index contributed by atoms with van der Waals surface area (Å²) in [6.45, 7) is 0.0478. The van der Waals surface area contributed by atoms with Crippen LogP contribution in [0.2, 0.25) is 0 Å². The summed E-state index contributed by atoms with van der Waals surface area (Å²) < 4.78 is 26.3. The van der Waals surface area contributed by atoms with E-state index in [2.05, 4.69) is 10.6 Å². The molecule has 2 N–H and O–H groups in total. The molecule has 152 valence electrons. The van der Waals surface area contributed by atoms with Crippen molar-refractivity contribution in [1.82, 2.24) is 0 Å². The monoisotopic (exact) mass is 394 g/mol. The van der Waals surface area contributed by atoms with Crippen molar-refractivity contribution in [3.8, 4) is 0 Å². The lowest BCUT2D eigenvalue weighted by Crippen LogP contribution is -2.39. The number of anilines is 2. The van der Waals surface area contributed by atoms with Gasteiger partial charge in [-0.15, -0.1) is 0 Å². The van der Waals surface area contributed by atoms with E-state index in [1.165, 1.54) is 24.3 Å². The van der Waals surface area contributed by atoms with E-state index in [9.17, 15) is 8.78 Å². The lowest BCUT2D eigenvalue weighted by molar-refractivity contribution is -0.514. The maximum atomic E-state index is 13.2. The topological polar surface area (TPSA) is 61.0 Å². The Labute approximate surface area is 162 Å². The molecule has 6 nitrogen and oxygen atoms in total. The third-order valence-electron chi connectivity index (χ3n) is 4.36. The van der Waals surface area contributed by atoms with E-state index < -0.39 is 5.79 Å². The van der Waals surface area contributed by atoms with Crippen LogP contribution in [0.25, 0.3) is 0 Å². The SMILES string of the molecule is Fc1cccc(NCOOC2(OOCNc3cccc(F)c3)CCCCC2)c1. The van der Waals surface area contributed by atoms with Crippen LogP contribution in [0.4, 0.5) is 20.2 Å². The van der Waals surface area contributed by atoms with E-state index in [0.717, 1.165) is 19.3 Å². The lowest BCUT2D eigenvalue weighted by atomic mass is 9.94. The van der Waals surface area contributed by atoms with Crippen LogP contribution in [0, 0.1) is 11.6 Å². The zero-order valence-electron chi connectivity index (χ0n) is 15.5. The van der Waals surface area contributed by atoms with Crippen molar-refractivity contribution < 1.29 is 28.3 Å². The summed E-state index contributed by atoms with van der Waals surface area (Å²) in [5.41, 5.74) is 1.16. The van der Waals surface area contributed by atoms with Gasteiger partial charge in [0.2, 0.25) is 5.79 Å². The van der Waals surface area contributed by atoms with Gasteiger partial charge < -0.3 is 10.6 Å². The molecule has 0 aromatic heterocycles. The van der Waals surface area contributed by atoms with Crippen molar-refractivity contribution in [1.29, 1.82) is 0 Å². The minimum atomic E-state index is -1.01. The van der Waals surface area contributed by atoms with Gasteiger partial charge in [0.05, 0.1) is 0 Å². The zero-order chi connectivity index (χ0) is 19.7.